The Labute approximate surface area is 107 Å². The predicted octanol–water partition coefficient (Wildman–Crippen LogP) is 4.18. The standard InChI is InChI=1S/C14H19NOS/c1-4-17-9-11-8-15(10(2)3)14-6-5-12(16)7-13(11)14/h5-8,10,16H,4,9H2,1-3H3. The summed E-state index contributed by atoms with van der Waals surface area (Å²) in [6.45, 7) is 6.54. The Morgan fingerprint density at radius 1 is 1.35 bits per heavy atom. The van der Waals surface area contributed by atoms with Crippen molar-refractivity contribution in [2.24, 2.45) is 0 Å². The molecule has 0 aliphatic heterocycles. The van der Waals surface area contributed by atoms with Gasteiger partial charge in [0.2, 0.25) is 0 Å². The zero-order chi connectivity index (χ0) is 12.4. The average Bonchev–Trinajstić information content (AvgIpc) is 2.64. The van der Waals surface area contributed by atoms with Gasteiger partial charge in [0.05, 0.1) is 0 Å². The van der Waals surface area contributed by atoms with Crippen LogP contribution in [-0.4, -0.2) is 15.4 Å². The first-order valence-electron chi connectivity index (χ1n) is 6.03. The van der Waals surface area contributed by atoms with Gasteiger partial charge in [-0.05, 0) is 43.4 Å². The van der Waals surface area contributed by atoms with E-state index in [1.807, 2.05) is 23.9 Å². The van der Waals surface area contributed by atoms with Crippen LogP contribution >= 0.6 is 11.8 Å². The van der Waals surface area contributed by atoms with Crippen LogP contribution in [0.1, 0.15) is 32.4 Å². The second-order valence-corrected chi connectivity index (χ2v) is 5.77. The van der Waals surface area contributed by atoms with Crippen molar-refractivity contribution in [1.29, 1.82) is 0 Å². The first-order chi connectivity index (χ1) is 8.13. The number of phenols is 1. The van der Waals surface area contributed by atoms with Gasteiger partial charge in [-0.2, -0.15) is 11.8 Å². The Morgan fingerprint density at radius 2 is 2.12 bits per heavy atom. The van der Waals surface area contributed by atoms with E-state index in [1.54, 1.807) is 6.07 Å². The van der Waals surface area contributed by atoms with E-state index >= 15 is 0 Å². The van der Waals surface area contributed by atoms with Gasteiger partial charge >= 0.3 is 0 Å². The molecule has 2 aromatic rings. The van der Waals surface area contributed by atoms with Crippen LogP contribution in [0.4, 0.5) is 0 Å². The maximum atomic E-state index is 9.61. The fourth-order valence-electron chi connectivity index (χ4n) is 2.07. The smallest absolute Gasteiger partial charge is 0.116 e. The van der Waals surface area contributed by atoms with Crippen LogP contribution in [-0.2, 0) is 5.75 Å². The maximum Gasteiger partial charge on any atom is 0.116 e. The lowest BCUT2D eigenvalue weighted by Crippen LogP contribution is -1.97. The number of nitrogens with zero attached hydrogens (tertiary/aromatic N) is 1. The summed E-state index contributed by atoms with van der Waals surface area (Å²) in [5.74, 6) is 2.48. The van der Waals surface area contributed by atoms with Crippen molar-refractivity contribution < 1.29 is 5.11 Å². The molecule has 2 nitrogen and oxygen atoms in total. The summed E-state index contributed by atoms with van der Waals surface area (Å²) in [5.41, 5.74) is 2.53. The van der Waals surface area contributed by atoms with E-state index < -0.39 is 0 Å². The van der Waals surface area contributed by atoms with Gasteiger partial charge in [0.25, 0.3) is 0 Å². The molecule has 3 heteroatoms. The van der Waals surface area contributed by atoms with E-state index in [1.165, 1.54) is 16.5 Å². The predicted molar refractivity (Wildman–Crippen MR) is 75.8 cm³/mol. The Balaban J connectivity index is 2.54. The molecule has 0 aliphatic carbocycles. The van der Waals surface area contributed by atoms with Crippen LogP contribution < -0.4 is 0 Å². The molecule has 0 unspecified atom stereocenters. The second-order valence-electron chi connectivity index (χ2n) is 4.49. The quantitative estimate of drug-likeness (QED) is 0.879. The van der Waals surface area contributed by atoms with Crippen LogP contribution in [0.15, 0.2) is 24.4 Å². The van der Waals surface area contributed by atoms with Gasteiger partial charge < -0.3 is 9.67 Å². The van der Waals surface area contributed by atoms with E-state index in [-0.39, 0.29) is 0 Å². The number of phenolic OH excluding ortho intramolecular Hbond substituents is 1. The molecule has 2 rings (SSSR count). The minimum Gasteiger partial charge on any atom is -0.508 e. The monoisotopic (exact) mass is 249 g/mol. The Bertz CT molecular complexity index is 516. The molecule has 92 valence electrons. The molecule has 0 bridgehead atoms. The number of hydrogen-bond donors (Lipinski definition) is 1. The molecule has 0 aliphatic rings. The summed E-state index contributed by atoms with van der Waals surface area (Å²) in [6, 6.07) is 6.09. The number of aromatic hydroxyl groups is 1. The van der Waals surface area contributed by atoms with Crippen molar-refractivity contribution in [1.82, 2.24) is 4.57 Å². The van der Waals surface area contributed by atoms with Gasteiger partial charge in [-0.3, -0.25) is 0 Å². The molecule has 17 heavy (non-hydrogen) atoms. The Hall–Kier alpha value is -1.09. The summed E-state index contributed by atoms with van der Waals surface area (Å²) in [6.07, 6.45) is 2.22. The molecule has 0 saturated carbocycles. The Kier molecular flexibility index (Phi) is 3.67. The topological polar surface area (TPSA) is 25.2 Å². The Morgan fingerprint density at radius 3 is 2.76 bits per heavy atom. The molecule has 0 spiro atoms. The molecule has 0 radical (unpaired) electrons. The van der Waals surface area contributed by atoms with Crippen molar-refractivity contribution >= 4 is 22.7 Å². The number of rotatable bonds is 4. The van der Waals surface area contributed by atoms with E-state index in [0.717, 1.165) is 11.5 Å². The number of hydrogen-bond acceptors (Lipinski definition) is 2. The minimum absolute atomic E-state index is 0.349. The molecule has 0 amide bonds. The largest absolute Gasteiger partial charge is 0.508 e. The molecule has 1 aromatic heterocycles. The third-order valence-electron chi connectivity index (χ3n) is 2.92. The molecule has 1 aromatic carbocycles. The molecular weight excluding hydrogens is 230 g/mol. The minimum atomic E-state index is 0.349. The molecular formula is C14H19NOS. The van der Waals surface area contributed by atoms with Crippen LogP contribution in [0, 0.1) is 0 Å². The van der Waals surface area contributed by atoms with Gasteiger partial charge in [0, 0.05) is 28.9 Å². The summed E-state index contributed by atoms with van der Waals surface area (Å²) in [4.78, 5) is 0. The van der Waals surface area contributed by atoms with Gasteiger partial charge in [0.15, 0.2) is 0 Å². The van der Waals surface area contributed by atoms with E-state index in [2.05, 4.69) is 31.5 Å². The molecule has 0 saturated heterocycles. The van der Waals surface area contributed by atoms with Crippen LogP contribution in [0.25, 0.3) is 10.9 Å². The third-order valence-corrected chi connectivity index (χ3v) is 3.84. The van der Waals surface area contributed by atoms with E-state index in [9.17, 15) is 5.11 Å². The van der Waals surface area contributed by atoms with Gasteiger partial charge in [-0.25, -0.2) is 0 Å². The lowest BCUT2D eigenvalue weighted by molar-refractivity contribution is 0.476. The van der Waals surface area contributed by atoms with E-state index in [4.69, 9.17) is 0 Å². The fraction of sp³-hybridized carbons (Fsp3) is 0.429. The van der Waals surface area contributed by atoms with Gasteiger partial charge in [-0.1, -0.05) is 6.92 Å². The lowest BCUT2D eigenvalue weighted by Gasteiger charge is -2.08. The van der Waals surface area contributed by atoms with Crippen molar-refractivity contribution in [3.8, 4) is 5.75 Å². The van der Waals surface area contributed by atoms with Crippen LogP contribution in [0.3, 0.4) is 0 Å². The molecule has 0 fully saturated rings. The highest BCUT2D eigenvalue weighted by molar-refractivity contribution is 7.98. The van der Waals surface area contributed by atoms with Crippen molar-refractivity contribution in [3.63, 3.8) is 0 Å². The second kappa shape index (κ2) is 5.05. The number of aromatic nitrogens is 1. The summed E-state index contributed by atoms with van der Waals surface area (Å²) in [5, 5.41) is 10.8. The third kappa shape index (κ3) is 2.44. The fourth-order valence-corrected chi connectivity index (χ4v) is 2.72. The number of thioether (sulfide) groups is 1. The summed E-state index contributed by atoms with van der Waals surface area (Å²) >= 11 is 1.91. The van der Waals surface area contributed by atoms with E-state index in [0.29, 0.717) is 11.8 Å². The van der Waals surface area contributed by atoms with Gasteiger partial charge in [-0.15, -0.1) is 0 Å². The lowest BCUT2D eigenvalue weighted by atomic mass is 10.2. The molecule has 0 atom stereocenters. The zero-order valence-electron chi connectivity index (χ0n) is 10.6. The average molecular weight is 249 g/mol. The first-order valence-corrected chi connectivity index (χ1v) is 7.19. The van der Waals surface area contributed by atoms with Gasteiger partial charge in [0.1, 0.15) is 5.75 Å². The van der Waals surface area contributed by atoms with Crippen molar-refractivity contribution in [2.45, 2.75) is 32.6 Å². The normalized spacial score (nSPS) is 11.5. The highest BCUT2D eigenvalue weighted by atomic mass is 32.2. The summed E-state index contributed by atoms with van der Waals surface area (Å²) < 4.78 is 2.28. The molecule has 1 heterocycles. The van der Waals surface area contributed by atoms with Crippen LogP contribution in [0.5, 0.6) is 5.75 Å². The number of fused-ring (bicyclic) bond motifs is 1. The molecule has 1 N–H and O–H groups in total. The maximum absolute atomic E-state index is 9.61. The summed E-state index contributed by atoms with van der Waals surface area (Å²) in [7, 11) is 0. The first kappa shape index (κ1) is 12.4. The highest BCUT2D eigenvalue weighted by Gasteiger charge is 2.10. The van der Waals surface area contributed by atoms with Crippen molar-refractivity contribution in [3.05, 3.63) is 30.0 Å². The highest BCUT2D eigenvalue weighted by Crippen LogP contribution is 2.30. The SMILES string of the molecule is CCSCc1cn(C(C)C)c2ccc(O)cc12. The van der Waals surface area contributed by atoms with Crippen LogP contribution in [0.2, 0.25) is 0 Å². The zero-order valence-corrected chi connectivity index (χ0v) is 11.4. The number of benzene rings is 1. The van der Waals surface area contributed by atoms with Crippen molar-refractivity contribution in [2.75, 3.05) is 5.75 Å².